The molecule has 2 rings (SSSR count). The highest BCUT2D eigenvalue weighted by Gasteiger charge is 2.18. The normalized spacial score (nSPS) is 18.4. The Balaban J connectivity index is 0.000000270. The Labute approximate surface area is 126 Å². The van der Waals surface area contributed by atoms with E-state index in [1.807, 2.05) is 39.0 Å². The van der Waals surface area contributed by atoms with E-state index < -0.39 is 0 Å². The van der Waals surface area contributed by atoms with Gasteiger partial charge in [-0.15, -0.1) is 0 Å². The highest BCUT2D eigenvalue weighted by molar-refractivity contribution is 5.80. The van der Waals surface area contributed by atoms with E-state index in [1.54, 1.807) is 0 Å². The fourth-order valence-corrected chi connectivity index (χ4v) is 2.05. The second-order valence-electron chi connectivity index (χ2n) is 6.16. The third-order valence-corrected chi connectivity index (χ3v) is 3.04. The zero-order chi connectivity index (χ0) is 15.7. The van der Waals surface area contributed by atoms with Crippen molar-refractivity contribution in [1.29, 1.82) is 0 Å². The molecule has 4 nitrogen and oxygen atoms in total. The number of carbonyl (C=O) groups is 2. The number of benzene rings is 1. The highest BCUT2D eigenvalue weighted by Crippen LogP contribution is 2.10. The van der Waals surface area contributed by atoms with Crippen LogP contribution in [-0.2, 0) is 20.7 Å². The monoisotopic (exact) mass is 291 g/mol. The van der Waals surface area contributed by atoms with Gasteiger partial charge in [0, 0.05) is 25.4 Å². The van der Waals surface area contributed by atoms with Gasteiger partial charge in [-0.3, -0.25) is 9.59 Å². The summed E-state index contributed by atoms with van der Waals surface area (Å²) in [6.45, 7) is 6.76. The largest absolute Gasteiger partial charge is 0.462 e. The van der Waals surface area contributed by atoms with Crippen molar-refractivity contribution in [3.8, 4) is 0 Å². The maximum Gasteiger partial charge on any atom is 0.293 e. The first-order chi connectivity index (χ1) is 9.90. The van der Waals surface area contributed by atoms with E-state index in [0.29, 0.717) is 31.1 Å². The molecule has 1 heterocycles. The maximum absolute atomic E-state index is 11.2. The third kappa shape index (κ3) is 8.25. The first-order valence-electron chi connectivity index (χ1n) is 7.31. The van der Waals surface area contributed by atoms with Crippen molar-refractivity contribution >= 4 is 12.3 Å². The minimum Gasteiger partial charge on any atom is -0.462 e. The number of nitrogens with one attached hydrogen (secondary N) is 1. The first-order valence-corrected chi connectivity index (χ1v) is 7.31. The third-order valence-electron chi connectivity index (χ3n) is 3.04. The highest BCUT2D eigenvalue weighted by atomic mass is 16.5. The molecule has 1 atom stereocenters. The van der Waals surface area contributed by atoms with E-state index in [2.05, 4.69) is 22.2 Å². The fourth-order valence-electron chi connectivity index (χ4n) is 2.05. The van der Waals surface area contributed by atoms with Crippen LogP contribution in [-0.4, -0.2) is 30.4 Å². The van der Waals surface area contributed by atoms with Crippen LogP contribution in [0.25, 0.3) is 0 Å². The lowest BCUT2D eigenvalue weighted by Crippen LogP contribution is -2.39. The van der Waals surface area contributed by atoms with Gasteiger partial charge in [0.2, 0.25) is 0 Å². The molecule has 4 heteroatoms. The van der Waals surface area contributed by atoms with Gasteiger partial charge in [0.1, 0.15) is 11.4 Å². The molecule has 0 saturated carbocycles. The van der Waals surface area contributed by atoms with E-state index in [4.69, 9.17) is 0 Å². The summed E-state index contributed by atoms with van der Waals surface area (Å²) in [7, 11) is 0. The van der Waals surface area contributed by atoms with Crippen LogP contribution in [0, 0.1) is 0 Å². The minimum atomic E-state index is -0.318. The summed E-state index contributed by atoms with van der Waals surface area (Å²) in [5, 5.41) is 3.38. The molecule has 0 spiro atoms. The van der Waals surface area contributed by atoms with Crippen LogP contribution in [0.5, 0.6) is 0 Å². The zero-order valence-corrected chi connectivity index (χ0v) is 13.1. The van der Waals surface area contributed by atoms with E-state index in [-0.39, 0.29) is 5.60 Å². The molecular weight excluding hydrogens is 266 g/mol. The van der Waals surface area contributed by atoms with Crippen LogP contribution in [0.2, 0.25) is 0 Å². The summed E-state index contributed by atoms with van der Waals surface area (Å²) in [5.74, 6) is 0.393. The second-order valence-corrected chi connectivity index (χ2v) is 6.16. The van der Waals surface area contributed by atoms with E-state index >= 15 is 0 Å². The van der Waals surface area contributed by atoms with Crippen molar-refractivity contribution in [2.45, 2.75) is 51.7 Å². The predicted octanol–water partition coefficient (Wildman–Crippen LogP) is 2.51. The predicted molar refractivity (Wildman–Crippen MR) is 83.1 cm³/mol. The standard InChI is InChI=1S/C12H15NO.C5H10O2/c14-12-6-7-13-11(9-12)8-10-4-2-1-3-5-10;1-5(2,3)7-4-6/h1-5,11,13H,6-9H2;4H,1-3H3. The molecule has 116 valence electrons. The molecule has 1 unspecified atom stereocenters. The summed E-state index contributed by atoms with van der Waals surface area (Å²) >= 11 is 0. The van der Waals surface area contributed by atoms with Crippen LogP contribution in [0.1, 0.15) is 39.2 Å². The molecule has 0 radical (unpaired) electrons. The van der Waals surface area contributed by atoms with Gasteiger partial charge >= 0.3 is 0 Å². The molecule has 0 amide bonds. The number of ketones is 1. The van der Waals surface area contributed by atoms with E-state index in [9.17, 15) is 9.59 Å². The van der Waals surface area contributed by atoms with Crippen molar-refractivity contribution in [2.24, 2.45) is 0 Å². The number of ether oxygens (including phenoxy) is 1. The Morgan fingerprint density at radius 3 is 2.43 bits per heavy atom. The Morgan fingerprint density at radius 1 is 1.29 bits per heavy atom. The molecule has 0 bridgehead atoms. The Morgan fingerprint density at radius 2 is 1.95 bits per heavy atom. The molecule has 1 fully saturated rings. The smallest absolute Gasteiger partial charge is 0.293 e. The van der Waals surface area contributed by atoms with Crippen LogP contribution in [0.4, 0.5) is 0 Å². The number of Topliss-reactive ketones (excluding diaryl/α,β-unsaturated/α-hetero) is 1. The van der Waals surface area contributed by atoms with Gasteiger partial charge in [-0.25, -0.2) is 0 Å². The molecule has 1 aromatic carbocycles. The molecule has 1 aliphatic rings. The summed E-state index contributed by atoms with van der Waals surface area (Å²) < 4.78 is 4.55. The number of carbonyl (C=O) groups excluding carboxylic acids is 2. The minimum absolute atomic E-state index is 0.318. The number of hydrogen-bond donors (Lipinski definition) is 1. The lowest BCUT2D eigenvalue weighted by molar-refractivity contribution is -0.138. The summed E-state index contributed by atoms with van der Waals surface area (Å²) in [5.41, 5.74) is 0.988. The lowest BCUT2D eigenvalue weighted by atomic mass is 9.97. The second kappa shape index (κ2) is 8.57. The van der Waals surface area contributed by atoms with Gasteiger partial charge in [0.05, 0.1) is 0 Å². The summed E-state index contributed by atoms with van der Waals surface area (Å²) in [6.07, 6.45) is 2.35. The summed E-state index contributed by atoms with van der Waals surface area (Å²) in [4.78, 5) is 20.8. The van der Waals surface area contributed by atoms with Crippen LogP contribution >= 0.6 is 0 Å². The SMILES string of the molecule is CC(C)(C)OC=O.O=C1CCNC(Cc2ccccc2)C1. The van der Waals surface area contributed by atoms with Crippen molar-refractivity contribution < 1.29 is 14.3 Å². The van der Waals surface area contributed by atoms with Crippen LogP contribution in [0.15, 0.2) is 30.3 Å². The zero-order valence-electron chi connectivity index (χ0n) is 13.1. The Hall–Kier alpha value is -1.68. The van der Waals surface area contributed by atoms with Gasteiger partial charge in [-0.05, 0) is 32.8 Å². The average molecular weight is 291 g/mol. The Bertz CT molecular complexity index is 437. The molecule has 1 aliphatic heterocycles. The number of hydrogen-bond acceptors (Lipinski definition) is 4. The molecule has 1 aromatic rings. The fraction of sp³-hybridized carbons (Fsp3) is 0.529. The Kier molecular flexibility index (Phi) is 7.09. The van der Waals surface area contributed by atoms with Gasteiger partial charge in [-0.1, -0.05) is 30.3 Å². The van der Waals surface area contributed by atoms with Crippen molar-refractivity contribution in [3.05, 3.63) is 35.9 Å². The molecule has 1 N–H and O–H groups in total. The maximum atomic E-state index is 11.2. The average Bonchev–Trinajstić information content (AvgIpc) is 2.39. The molecular formula is C17H25NO3. The van der Waals surface area contributed by atoms with E-state index in [0.717, 1.165) is 13.0 Å². The van der Waals surface area contributed by atoms with Crippen molar-refractivity contribution in [3.63, 3.8) is 0 Å². The number of piperidine rings is 1. The van der Waals surface area contributed by atoms with Gasteiger partial charge in [0.25, 0.3) is 6.47 Å². The van der Waals surface area contributed by atoms with Crippen LogP contribution in [0.3, 0.4) is 0 Å². The lowest BCUT2D eigenvalue weighted by Gasteiger charge is -2.22. The van der Waals surface area contributed by atoms with Crippen LogP contribution < -0.4 is 5.32 Å². The van der Waals surface area contributed by atoms with Gasteiger partial charge in [0.15, 0.2) is 0 Å². The van der Waals surface area contributed by atoms with Gasteiger partial charge < -0.3 is 10.1 Å². The molecule has 21 heavy (non-hydrogen) atoms. The van der Waals surface area contributed by atoms with Crippen molar-refractivity contribution in [1.82, 2.24) is 5.32 Å². The molecule has 0 aromatic heterocycles. The quantitative estimate of drug-likeness (QED) is 0.869. The molecule has 1 saturated heterocycles. The van der Waals surface area contributed by atoms with Gasteiger partial charge in [-0.2, -0.15) is 0 Å². The van der Waals surface area contributed by atoms with Crippen molar-refractivity contribution in [2.75, 3.05) is 6.54 Å². The molecule has 0 aliphatic carbocycles. The van der Waals surface area contributed by atoms with E-state index in [1.165, 1.54) is 5.56 Å². The first kappa shape index (κ1) is 17.4. The number of rotatable bonds is 3. The topological polar surface area (TPSA) is 55.4 Å². The summed E-state index contributed by atoms with van der Waals surface area (Å²) in [6, 6.07) is 10.7.